The molecule has 0 aliphatic heterocycles. The molecule has 1 aromatic rings. The molecule has 1 aliphatic carbocycles. The van der Waals surface area contributed by atoms with E-state index < -0.39 is 6.04 Å². The Balaban J connectivity index is 0.00000312. The van der Waals surface area contributed by atoms with Crippen LogP contribution in [0.3, 0.4) is 0 Å². The molecule has 140 valence electrons. The van der Waals surface area contributed by atoms with E-state index in [0.29, 0.717) is 17.8 Å². The summed E-state index contributed by atoms with van der Waals surface area (Å²) >= 11 is 1.66. The number of aryl methyl sites for hydroxylation is 1. The van der Waals surface area contributed by atoms with Crippen molar-refractivity contribution >= 4 is 47.4 Å². The molecule has 1 saturated carbocycles. The summed E-state index contributed by atoms with van der Waals surface area (Å²) in [5.74, 6) is 0.747. The number of nitrogens with one attached hydrogen (secondary N) is 2. The molecule has 0 bridgehead atoms. The molecule has 5 nitrogen and oxygen atoms in total. The molecule has 0 unspecified atom stereocenters. The van der Waals surface area contributed by atoms with E-state index in [1.807, 2.05) is 31.4 Å². The molecular formula is C18H28ClN3O2S. The monoisotopic (exact) mass is 385 g/mol. The molecule has 0 aromatic heterocycles. The van der Waals surface area contributed by atoms with Gasteiger partial charge in [0.1, 0.15) is 0 Å². The van der Waals surface area contributed by atoms with E-state index in [4.69, 9.17) is 5.73 Å². The lowest BCUT2D eigenvalue weighted by molar-refractivity contribution is -0.120. The fourth-order valence-corrected chi connectivity index (χ4v) is 3.38. The minimum atomic E-state index is -0.545. The highest BCUT2D eigenvalue weighted by Crippen LogP contribution is 2.28. The Morgan fingerprint density at radius 2 is 1.92 bits per heavy atom. The molecule has 0 heterocycles. The van der Waals surface area contributed by atoms with Crippen molar-refractivity contribution in [2.24, 2.45) is 11.7 Å². The molecule has 4 N–H and O–H groups in total. The van der Waals surface area contributed by atoms with E-state index in [9.17, 15) is 9.59 Å². The molecule has 25 heavy (non-hydrogen) atoms. The minimum Gasteiger partial charge on any atom is -0.324 e. The van der Waals surface area contributed by atoms with Gasteiger partial charge in [0.2, 0.25) is 11.8 Å². The Morgan fingerprint density at radius 3 is 2.56 bits per heavy atom. The second-order valence-electron chi connectivity index (χ2n) is 6.40. The van der Waals surface area contributed by atoms with E-state index in [2.05, 4.69) is 10.6 Å². The maximum Gasteiger partial charge on any atom is 0.241 e. The SMILES string of the molecule is CSCC[C@@H](N)C(=O)Nc1cc(C)ccc1NC(=O)C1CCCC1.Cl. The highest BCUT2D eigenvalue weighted by molar-refractivity contribution is 7.98. The van der Waals surface area contributed by atoms with E-state index in [1.165, 1.54) is 0 Å². The molecule has 0 spiro atoms. The first kappa shape index (κ1) is 21.8. The van der Waals surface area contributed by atoms with Crippen molar-refractivity contribution in [3.8, 4) is 0 Å². The smallest absolute Gasteiger partial charge is 0.241 e. The summed E-state index contributed by atoms with van der Waals surface area (Å²) in [7, 11) is 0. The fraction of sp³-hybridized carbons (Fsp3) is 0.556. The molecule has 1 fully saturated rings. The van der Waals surface area contributed by atoms with Crippen molar-refractivity contribution in [2.45, 2.75) is 45.1 Å². The van der Waals surface area contributed by atoms with Gasteiger partial charge >= 0.3 is 0 Å². The number of hydrogen-bond acceptors (Lipinski definition) is 4. The molecule has 1 aromatic carbocycles. The summed E-state index contributed by atoms with van der Waals surface area (Å²) in [5.41, 5.74) is 8.20. The topological polar surface area (TPSA) is 84.2 Å². The number of anilines is 2. The first-order valence-corrected chi connectivity index (χ1v) is 9.87. The van der Waals surface area contributed by atoms with Gasteiger partial charge in [-0.05, 0) is 55.9 Å². The van der Waals surface area contributed by atoms with Crippen molar-refractivity contribution in [3.05, 3.63) is 23.8 Å². The minimum absolute atomic E-state index is 0. The molecule has 0 saturated heterocycles. The zero-order chi connectivity index (χ0) is 17.5. The van der Waals surface area contributed by atoms with Crippen molar-refractivity contribution in [3.63, 3.8) is 0 Å². The average molecular weight is 386 g/mol. The Morgan fingerprint density at radius 1 is 1.24 bits per heavy atom. The highest BCUT2D eigenvalue weighted by Gasteiger charge is 2.23. The number of amides is 2. The van der Waals surface area contributed by atoms with Gasteiger partial charge in [-0.25, -0.2) is 0 Å². The van der Waals surface area contributed by atoms with Gasteiger partial charge in [0.15, 0.2) is 0 Å². The van der Waals surface area contributed by atoms with E-state index in [1.54, 1.807) is 11.8 Å². The van der Waals surface area contributed by atoms with Crippen LogP contribution in [0.2, 0.25) is 0 Å². The number of nitrogens with two attached hydrogens (primary N) is 1. The number of benzene rings is 1. The van der Waals surface area contributed by atoms with Crippen molar-refractivity contribution in [2.75, 3.05) is 22.6 Å². The lowest BCUT2D eigenvalue weighted by atomic mass is 10.1. The van der Waals surface area contributed by atoms with Gasteiger partial charge in [-0.1, -0.05) is 18.9 Å². The van der Waals surface area contributed by atoms with Crippen LogP contribution in [0.1, 0.15) is 37.7 Å². The summed E-state index contributed by atoms with van der Waals surface area (Å²) in [6, 6.07) is 5.08. The first-order valence-electron chi connectivity index (χ1n) is 8.48. The maximum absolute atomic E-state index is 12.4. The van der Waals surface area contributed by atoms with E-state index in [0.717, 1.165) is 37.0 Å². The van der Waals surface area contributed by atoms with Gasteiger partial charge in [0, 0.05) is 5.92 Å². The fourth-order valence-electron chi connectivity index (χ4n) is 2.89. The summed E-state index contributed by atoms with van der Waals surface area (Å²) < 4.78 is 0. The van der Waals surface area contributed by atoms with Gasteiger partial charge in [-0.2, -0.15) is 11.8 Å². The highest BCUT2D eigenvalue weighted by atomic mass is 35.5. The number of halogens is 1. The molecule has 0 radical (unpaired) electrons. The summed E-state index contributed by atoms with van der Waals surface area (Å²) in [4.78, 5) is 24.6. The van der Waals surface area contributed by atoms with Crippen LogP contribution in [-0.2, 0) is 9.59 Å². The van der Waals surface area contributed by atoms with Crippen LogP contribution in [0.4, 0.5) is 11.4 Å². The Bertz CT molecular complexity index is 592. The van der Waals surface area contributed by atoms with E-state index in [-0.39, 0.29) is 30.1 Å². The predicted octanol–water partition coefficient (Wildman–Crippen LogP) is 3.56. The summed E-state index contributed by atoms with van der Waals surface area (Å²) in [6.45, 7) is 1.95. The lowest BCUT2D eigenvalue weighted by Crippen LogP contribution is -2.36. The largest absolute Gasteiger partial charge is 0.324 e. The van der Waals surface area contributed by atoms with Gasteiger partial charge < -0.3 is 16.4 Å². The van der Waals surface area contributed by atoms with Crippen LogP contribution in [0.5, 0.6) is 0 Å². The zero-order valence-electron chi connectivity index (χ0n) is 14.8. The van der Waals surface area contributed by atoms with Crippen LogP contribution in [0.25, 0.3) is 0 Å². The Hall–Kier alpha value is -1.24. The molecule has 1 aliphatic rings. The number of carbonyl (C=O) groups is 2. The van der Waals surface area contributed by atoms with Crippen LogP contribution in [0.15, 0.2) is 18.2 Å². The molecule has 2 amide bonds. The normalized spacial score (nSPS) is 15.3. The number of carbonyl (C=O) groups excluding carboxylic acids is 2. The summed E-state index contributed by atoms with van der Waals surface area (Å²) in [5, 5.41) is 5.84. The van der Waals surface area contributed by atoms with Gasteiger partial charge in [0.05, 0.1) is 17.4 Å². The predicted molar refractivity (Wildman–Crippen MR) is 109 cm³/mol. The number of hydrogen-bond donors (Lipinski definition) is 3. The molecular weight excluding hydrogens is 358 g/mol. The second-order valence-corrected chi connectivity index (χ2v) is 7.38. The Labute approximate surface area is 160 Å². The third-order valence-corrected chi connectivity index (χ3v) is 5.03. The maximum atomic E-state index is 12.4. The van der Waals surface area contributed by atoms with E-state index >= 15 is 0 Å². The second kappa shape index (κ2) is 10.7. The van der Waals surface area contributed by atoms with Crippen LogP contribution < -0.4 is 16.4 Å². The van der Waals surface area contributed by atoms with Crippen LogP contribution in [0, 0.1) is 12.8 Å². The molecule has 7 heteroatoms. The van der Waals surface area contributed by atoms with Crippen molar-refractivity contribution in [1.82, 2.24) is 0 Å². The third kappa shape index (κ3) is 6.53. The van der Waals surface area contributed by atoms with Gasteiger partial charge in [-0.15, -0.1) is 12.4 Å². The first-order chi connectivity index (χ1) is 11.5. The summed E-state index contributed by atoms with van der Waals surface area (Å²) in [6.07, 6.45) is 6.72. The number of thioether (sulfide) groups is 1. The zero-order valence-corrected chi connectivity index (χ0v) is 16.5. The third-order valence-electron chi connectivity index (χ3n) is 4.39. The quantitative estimate of drug-likeness (QED) is 0.669. The Kier molecular flexibility index (Phi) is 9.32. The van der Waals surface area contributed by atoms with Crippen molar-refractivity contribution in [1.29, 1.82) is 0 Å². The molecule has 2 rings (SSSR count). The average Bonchev–Trinajstić information content (AvgIpc) is 3.09. The lowest BCUT2D eigenvalue weighted by Gasteiger charge is -2.17. The standard InChI is InChI=1S/C18H27N3O2S.ClH/c1-12-7-8-15(20-17(22)13-5-3-4-6-13)16(11-12)21-18(23)14(19)9-10-24-2;/h7-8,11,13-14H,3-6,9-10,19H2,1-2H3,(H,20,22)(H,21,23);1H/t14-;/m1./s1. The van der Waals surface area contributed by atoms with Gasteiger partial charge in [0.25, 0.3) is 0 Å². The van der Waals surface area contributed by atoms with Crippen LogP contribution in [-0.4, -0.2) is 29.9 Å². The van der Waals surface area contributed by atoms with Gasteiger partial charge in [-0.3, -0.25) is 9.59 Å². The van der Waals surface area contributed by atoms with Crippen LogP contribution >= 0.6 is 24.2 Å². The molecule has 1 atom stereocenters. The number of rotatable bonds is 7. The van der Waals surface area contributed by atoms with Crippen molar-refractivity contribution < 1.29 is 9.59 Å².